The molecule has 1 aliphatic rings. The second-order valence-electron chi connectivity index (χ2n) is 9.41. The summed E-state index contributed by atoms with van der Waals surface area (Å²) in [6.45, 7) is 5.62. The molecule has 44 heavy (non-hydrogen) atoms. The topological polar surface area (TPSA) is 170 Å². The first-order valence-corrected chi connectivity index (χ1v) is 13.8. The number of benzene rings is 2. The molecule has 0 aliphatic carbocycles. The second-order valence-corrected chi connectivity index (χ2v) is 9.41. The van der Waals surface area contributed by atoms with Crippen molar-refractivity contribution < 1.29 is 42.9 Å². The van der Waals surface area contributed by atoms with E-state index in [0.717, 1.165) is 5.56 Å². The molecule has 13 nitrogen and oxygen atoms in total. The van der Waals surface area contributed by atoms with Crippen molar-refractivity contribution in [3.8, 4) is 22.8 Å². The fourth-order valence-corrected chi connectivity index (χ4v) is 4.37. The van der Waals surface area contributed by atoms with Gasteiger partial charge >= 0.3 is 18.0 Å². The number of hydrazone groups is 1. The molecule has 0 unspecified atom stereocenters. The number of methoxy groups -OCH3 is 1. The molecular weight excluding hydrogens is 572 g/mol. The molecule has 2 atom stereocenters. The SMILES string of the molecule is CCOC(=O)c1ccc(-c2ccc(/C=N\N[C@@H](O)COc3ccc([C@H]4NC(=O)NC(C)=C4C(=O)OC)cc3OCC)o2)cc1. The average molecular weight is 607 g/mol. The van der Waals surface area contributed by atoms with Crippen LogP contribution in [0.2, 0.25) is 0 Å². The van der Waals surface area contributed by atoms with Gasteiger partial charge in [-0.05, 0) is 62.7 Å². The molecule has 0 bridgehead atoms. The number of hydrogen-bond acceptors (Lipinski definition) is 11. The lowest BCUT2D eigenvalue weighted by Gasteiger charge is -2.28. The summed E-state index contributed by atoms with van der Waals surface area (Å²) in [6, 6.07) is 14.1. The van der Waals surface area contributed by atoms with Gasteiger partial charge in [-0.1, -0.05) is 18.2 Å². The lowest BCUT2D eigenvalue weighted by molar-refractivity contribution is -0.136. The van der Waals surface area contributed by atoms with Crippen LogP contribution in [-0.2, 0) is 14.3 Å². The lowest BCUT2D eigenvalue weighted by atomic mass is 9.95. The molecule has 0 radical (unpaired) electrons. The van der Waals surface area contributed by atoms with Gasteiger partial charge in [0.05, 0.1) is 43.7 Å². The van der Waals surface area contributed by atoms with Crippen molar-refractivity contribution in [1.82, 2.24) is 16.1 Å². The molecule has 0 saturated carbocycles. The predicted molar refractivity (Wildman–Crippen MR) is 159 cm³/mol. The molecule has 1 aliphatic heterocycles. The van der Waals surface area contributed by atoms with E-state index in [-0.39, 0.29) is 18.1 Å². The summed E-state index contributed by atoms with van der Waals surface area (Å²) in [5, 5.41) is 19.7. The van der Waals surface area contributed by atoms with Crippen molar-refractivity contribution in [3.63, 3.8) is 0 Å². The zero-order valence-electron chi connectivity index (χ0n) is 24.7. The number of hydrogen-bond donors (Lipinski definition) is 4. The number of amides is 2. The standard InChI is InChI=1S/C31H34N4O9/c1-5-41-25-15-21(28-27(30(38)40-4)18(3)33-31(39)34-28)11-13-24(25)43-17-26(36)35-32-16-22-12-14-23(44-22)19-7-9-20(10-8-19)29(37)42-6-2/h7-16,26,28,35-36H,5-6,17H2,1-4H3,(H2,33,34,39)/b32-16-/t26-,28+/m0/s1. The Bertz CT molecular complexity index is 1550. The number of nitrogens with zero attached hydrogens (tertiary/aromatic N) is 1. The number of ether oxygens (including phenoxy) is 4. The molecule has 4 rings (SSSR count). The van der Waals surface area contributed by atoms with E-state index in [0.29, 0.717) is 53.1 Å². The van der Waals surface area contributed by atoms with Crippen molar-refractivity contribution in [2.75, 3.05) is 26.9 Å². The fraction of sp³-hybridized carbons (Fsp3) is 0.290. The Hall–Kier alpha value is -5.30. The number of esters is 2. The highest BCUT2D eigenvalue weighted by molar-refractivity contribution is 5.95. The smallest absolute Gasteiger partial charge is 0.338 e. The molecule has 0 saturated heterocycles. The Morgan fingerprint density at radius 2 is 1.82 bits per heavy atom. The van der Waals surface area contributed by atoms with Crippen LogP contribution < -0.4 is 25.5 Å². The molecule has 2 heterocycles. The van der Waals surface area contributed by atoms with Crippen LogP contribution in [0.1, 0.15) is 48.5 Å². The molecule has 0 spiro atoms. The quantitative estimate of drug-likeness (QED) is 0.0975. The number of furan rings is 1. The van der Waals surface area contributed by atoms with Gasteiger partial charge in [0.25, 0.3) is 0 Å². The summed E-state index contributed by atoms with van der Waals surface area (Å²) in [4.78, 5) is 36.4. The van der Waals surface area contributed by atoms with E-state index in [2.05, 4.69) is 21.2 Å². The van der Waals surface area contributed by atoms with Crippen LogP contribution in [0.5, 0.6) is 11.5 Å². The molecule has 0 fully saturated rings. The average Bonchev–Trinajstić information content (AvgIpc) is 3.49. The highest BCUT2D eigenvalue weighted by Gasteiger charge is 2.32. The summed E-state index contributed by atoms with van der Waals surface area (Å²) in [5.41, 5.74) is 5.00. The number of rotatable bonds is 13. The molecule has 1 aromatic heterocycles. The minimum absolute atomic E-state index is 0.177. The van der Waals surface area contributed by atoms with Crippen LogP contribution in [-0.4, -0.2) is 62.4 Å². The van der Waals surface area contributed by atoms with Crippen LogP contribution in [0.25, 0.3) is 11.3 Å². The van der Waals surface area contributed by atoms with Crippen LogP contribution in [0.3, 0.4) is 0 Å². The van der Waals surface area contributed by atoms with Crippen LogP contribution in [0.4, 0.5) is 4.79 Å². The van der Waals surface area contributed by atoms with E-state index in [1.165, 1.54) is 13.3 Å². The van der Waals surface area contributed by atoms with Gasteiger partial charge in [-0.25, -0.2) is 14.4 Å². The summed E-state index contributed by atoms with van der Waals surface area (Å²) in [7, 11) is 1.27. The van der Waals surface area contributed by atoms with Crippen LogP contribution >= 0.6 is 0 Å². The van der Waals surface area contributed by atoms with Gasteiger partial charge in [-0.15, -0.1) is 0 Å². The fourth-order valence-electron chi connectivity index (χ4n) is 4.37. The normalized spacial score (nSPS) is 15.3. The van der Waals surface area contributed by atoms with E-state index in [1.807, 2.05) is 0 Å². The second kappa shape index (κ2) is 14.7. The maximum Gasteiger partial charge on any atom is 0.338 e. The first-order valence-electron chi connectivity index (χ1n) is 13.8. The van der Waals surface area contributed by atoms with Crippen LogP contribution in [0.15, 0.2) is 75.4 Å². The summed E-state index contributed by atoms with van der Waals surface area (Å²) in [5.74, 6) is 0.735. The first kappa shape index (κ1) is 31.6. The number of aliphatic hydroxyl groups excluding tert-OH is 1. The van der Waals surface area contributed by atoms with Gasteiger partial charge in [0, 0.05) is 11.3 Å². The number of allylic oxidation sites excluding steroid dienone is 1. The zero-order valence-corrected chi connectivity index (χ0v) is 24.7. The Labute approximate surface area is 253 Å². The Morgan fingerprint density at radius 3 is 2.52 bits per heavy atom. The predicted octanol–water partition coefficient (Wildman–Crippen LogP) is 3.64. The monoisotopic (exact) mass is 606 g/mol. The van der Waals surface area contributed by atoms with E-state index in [4.69, 9.17) is 23.4 Å². The summed E-state index contributed by atoms with van der Waals surface area (Å²) in [6.07, 6.45) is 0.229. The summed E-state index contributed by atoms with van der Waals surface area (Å²) >= 11 is 0. The molecular formula is C31H34N4O9. The molecule has 2 amide bonds. The van der Waals surface area contributed by atoms with Crippen molar-refractivity contribution in [3.05, 3.63) is 82.8 Å². The van der Waals surface area contributed by atoms with Gasteiger partial charge in [-0.3, -0.25) is 5.43 Å². The van der Waals surface area contributed by atoms with Crippen molar-refractivity contribution >= 4 is 24.2 Å². The Kier molecular flexibility index (Phi) is 10.6. The van der Waals surface area contributed by atoms with Crippen LogP contribution in [0, 0.1) is 0 Å². The first-order chi connectivity index (χ1) is 21.2. The Morgan fingerprint density at radius 1 is 1.05 bits per heavy atom. The van der Waals surface area contributed by atoms with Crippen molar-refractivity contribution in [2.45, 2.75) is 33.0 Å². The van der Waals surface area contributed by atoms with Gasteiger partial charge in [-0.2, -0.15) is 5.10 Å². The third-order valence-corrected chi connectivity index (χ3v) is 6.39. The van der Waals surface area contributed by atoms with Gasteiger partial charge in [0.1, 0.15) is 18.1 Å². The Balaban J connectivity index is 1.36. The van der Waals surface area contributed by atoms with E-state index in [1.54, 1.807) is 75.4 Å². The van der Waals surface area contributed by atoms with Gasteiger partial charge < -0.3 is 39.1 Å². The number of urea groups is 1. The number of carbonyl (C=O) groups excluding carboxylic acids is 3. The van der Waals surface area contributed by atoms with E-state index >= 15 is 0 Å². The summed E-state index contributed by atoms with van der Waals surface area (Å²) < 4.78 is 27.2. The zero-order chi connectivity index (χ0) is 31.6. The molecule has 3 aromatic rings. The molecule has 2 aromatic carbocycles. The van der Waals surface area contributed by atoms with Crippen molar-refractivity contribution in [1.29, 1.82) is 0 Å². The maximum atomic E-state index is 12.4. The van der Waals surface area contributed by atoms with E-state index < -0.39 is 24.3 Å². The minimum Gasteiger partial charge on any atom is -0.490 e. The number of nitrogens with one attached hydrogen (secondary N) is 3. The third kappa shape index (κ3) is 7.75. The third-order valence-electron chi connectivity index (χ3n) is 6.39. The lowest BCUT2D eigenvalue weighted by Crippen LogP contribution is -2.45. The van der Waals surface area contributed by atoms with Gasteiger partial charge in [0.15, 0.2) is 17.7 Å². The largest absolute Gasteiger partial charge is 0.490 e. The van der Waals surface area contributed by atoms with E-state index in [9.17, 15) is 19.5 Å². The van der Waals surface area contributed by atoms with Crippen molar-refractivity contribution in [2.24, 2.45) is 5.10 Å². The number of carbonyl (C=O) groups is 3. The number of aliphatic hydroxyl groups is 1. The highest BCUT2D eigenvalue weighted by atomic mass is 16.5. The molecule has 232 valence electrons. The molecule has 13 heteroatoms. The van der Waals surface area contributed by atoms with Gasteiger partial charge in [0.2, 0.25) is 0 Å². The molecule has 4 N–H and O–H groups in total. The minimum atomic E-state index is -1.18. The highest BCUT2D eigenvalue weighted by Crippen LogP contribution is 2.35. The maximum absolute atomic E-state index is 12.4.